The van der Waals surface area contributed by atoms with Gasteiger partial charge in [0.1, 0.15) is 11.8 Å². The zero-order valence-electron chi connectivity index (χ0n) is 17.2. The number of halogens is 2. The first kappa shape index (κ1) is 24.1. The van der Waals surface area contributed by atoms with Crippen molar-refractivity contribution in [3.8, 4) is 5.75 Å². The van der Waals surface area contributed by atoms with Gasteiger partial charge in [0.2, 0.25) is 15.9 Å². The van der Waals surface area contributed by atoms with Crippen LogP contribution < -0.4 is 14.8 Å². The first-order chi connectivity index (χ1) is 15.3. The molecule has 1 atom stereocenters. The second kappa shape index (κ2) is 10.8. The standard InChI is InChI=1S/C23H22Cl2N2O4S/c1-31-19-9-11-20(12-10-19)32(29,30)27-22(13-16-5-3-2-4-6-16)23(28)26-15-17-7-8-18(24)14-21(17)25/h2-12,14,22,27H,13,15H2,1H3,(H,26,28). The van der Waals surface area contributed by atoms with Gasteiger partial charge in [0.15, 0.2) is 0 Å². The van der Waals surface area contributed by atoms with Crippen LogP contribution in [0.5, 0.6) is 5.75 Å². The fourth-order valence-electron chi connectivity index (χ4n) is 3.02. The van der Waals surface area contributed by atoms with E-state index in [0.29, 0.717) is 21.4 Å². The molecule has 0 aliphatic heterocycles. The van der Waals surface area contributed by atoms with E-state index in [1.54, 1.807) is 30.3 Å². The van der Waals surface area contributed by atoms with Crippen LogP contribution >= 0.6 is 23.2 Å². The summed E-state index contributed by atoms with van der Waals surface area (Å²) >= 11 is 12.1. The normalized spacial score (nSPS) is 12.2. The number of hydrogen-bond donors (Lipinski definition) is 2. The van der Waals surface area contributed by atoms with E-state index < -0.39 is 22.0 Å². The molecule has 9 heteroatoms. The molecule has 3 aromatic rings. The Bertz CT molecular complexity index is 1170. The SMILES string of the molecule is COc1ccc(S(=O)(=O)NC(Cc2ccccc2)C(=O)NCc2ccc(Cl)cc2Cl)cc1. The molecule has 0 aliphatic carbocycles. The Morgan fingerprint density at radius 2 is 1.69 bits per heavy atom. The molecule has 168 valence electrons. The number of sulfonamides is 1. The number of ether oxygens (including phenoxy) is 1. The highest BCUT2D eigenvalue weighted by atomic mass is 35.5. The van der Waals surface area contributed by atoms with E-state index in [1.807, 2.05) is 30.3 Å². The highest BCUT2D eigenvalue weighted by Gasteiger charge is 2.26. The number of methoxy groups -OCH3 is 1. The number of carbonyl (C=O) groups excluding carboxylic acids is 1. The largest absolute Gasteiger partial charge is 0.497 e. The molecule has 1 amide bonds. The molecule has 0 aromatic heterocycles. The smallest absolute Gasteiger partial charge is 0.241 e. The molecule has 0 saturated carbocycles. The second-order valence-corrected chi connectivity index (χ2v) is 9.55. The molecule has 0 fully saturated rings. The molecule has 0 heterocycles. The van der Waals surface area contributed by atoms with Crippen LogP contribution in [0.4, 0.5) is 0 Å². The molecule has 0 spiro atoms. The molecule has 3 rings (SSSR count). The van der Waals surface area contributed by atoms with Gasteiger partial charge in [-0.2, -0.15) is 4.72 Å². The van der Waals surface area contributed by atoms with E-state index in [-0.39, 0.29) is 17.9 Å². The fraction of sp³-hybridized carbons (Fsp3) is 0.174. The fourth-order valence-corrected chi connectivity index (χ4v) is 4.69. The van der Waals surface area contributed by atoms with Crippen molar-refractivity contribution in [1.29, 1.82) is 0 Å². The van der Waals surface area contributed by atoms with E-state index in [9.17, 15) is 13.2 Å². The van der Waals surface area contributed by atoms with E-state index in [1.165, 1.54) is 19.2 Å². The lowest BCUT2D eigenvalue weighted by Gasteiger charge is -2.19. The van der Waals surface area contributed by atoms with E-state index in [4.69, 9.17) is 27.9 Å². The minimum atomic E-state index is -3.96. The number of benzene rings is 3. The number of amides is 1. The number of nitrogens with one attached hydrogen (secondary N) is 2. The molecule has 0 radical (unpaired) electrons. The maximum Gasteiger partial charge on any atom is 0.241 e. The monoisotopic (exact) mass is 492 g/mol. The Morgan fingerprint density at radius 3 is 2.31 bits per heavy atom. The number of rotatable bonds is 9. The van der Waals surface area contributed by atoms with Crippen LogP contribution in [0.3, 0.4) is 0 Å². The van der Waals surface area contributed by atoms with Gasteiger partial charge in [0.25, 0.3) is 0 Å². The molecule has 0 saturated heterocycles. The van der Waals surface area contributed by atoms with Crippen LogP contribution in [0, 0.1) is 0 Å². The summed E-state index contributed by atoms with van der Waals surface area (Å²) in [6.45, 7) is 0.129. The van der Waals surface area contributed by atoms with Crippen molar-refractivity contribution in [2.24, 2.45) is 0 Å². The van der Waals surface area contributed by atoms with Gasteiger partial charge in [-0.1, -0.05) is 59.6 Å². The van der Waals surface area contributed by atoms with Crippen LogP contribution in [0.2, 0.25) is 10.0 Å². The lowest BCUT2D eigenvalue weighted by molar-refractivity contribution is -0.122. The zero-order chi connectivity index (χ0) is 23.1. The summed E-state index contributed by atoms with van der Waals surface area (Å²) < 4.78 is 33.5. The minimum absolute atomic E-state index is 0.0323. The summed E-state index contributed by atoms with van der Waals surface area (Å²) in [6.07, 6.45) is 0.177. The summed E-state index contributed by atoms with van der Waals surface area (Å²) in [5.74, 6) is 0.0549. The van der Waals surface area contributed by atoms with Crippen molar-refractivity contribution in [2.75, 3.05) is 7.11 Å². The second-order valence-electron chi connectivity index (χ2n) is 6.99. The maximum atomic E-state index is 13.0. The van der Waals surface area contributed by atoms with Gasteiger partial charge < -0.3 is 10.1 Å². The van der Waals surface area contributed by atoms with Crippen LogP contribution in [0.1, 0.15) is 11.1 Å². The van der Waals surface area contributed by atoms with Crippen LogP contribution in [0.25, 0.3) is 0 Å². The van der Waals surface area contributed by atoms with E-state index >= 15 is 0 Å². The van der Waals surface area contributed by atoms with Gasteiger partial charge in [-0.3, -0.25) is 4.79 Å². The van der Waals surface area contributed by atoms with Gasteiger partial charge in [-0.15, -0.1) is 0 Å². The van der Waals surface area contributed by atoms with E-state index in [0.717, 1.165) is 5.56 Å². The van der Waals surface area contributed by atoms with Crippen LogP contribution in [-0.2, 0) is 27.8 Å². The Balaban J connectivity index is 1.79. The van der Waals surface area contributed by atoms with Crippen LogP contribution in [-0.4, -0.2) is 27.5 Å². The molecule has 1 unspecified atom stereocenters. The zero-order valence-corrected chi connectivity index (χ0v) is 19.5. The molecule has 3 aromatic carbocycles. The third kappa shape index (κ3) is 6.46. The molecular weight excluding hydrogens is 471 g/mol. The molecule has 6 nitrogen and oxygen atoms in total. The topological polar surface area (TPSA) is 84.5 Å². The van der Waals surface area contributed by atoms with Gasteiger partial charge in [0, 0.05) is 16.6 Å². The van der Waals surface area contributed by atoms with Crippen molar-refractivity contribution < 1.29 is 17.9 Å². The third-order valence-corrected chi connectivity index (χ3v) is 6.81. The lowest BCUT2D eigenvalue weighted by atomic mass is 10.1. The lowest BCUT2D eigenvalue weighted by Crippen LogP contribution is -2.47. The Hall–Kier alpha value is -2.58. The Morgan fingerprint density at radius 1 is 1.00 bits per heavy atom. The van der Waals surface area contributed by atoms with Gasteiger partial charge in [0.05, 0.1) is 12.0 Å². The minimum Gasteiger partial charge on any atom is -0.497 e. The predicted molar refractivity (Wildman–Crippen MR) is 126 cm³/mol. The van der Waals surface area contributed by atoms with Crippen molar-refractivity contribution in [1.82, 2.24) is 10.0 Å². The predicted octanol–water partition coefficient (Wildman–Crippen LogP) is 4.21. The molecular formula is C23H22Cl2N2O4S. The van der Waals surface area contributed by atoms with Crippen molar-refractivity contribution >= 4 is 39.1 Å². The summed E-state index contributed by atoms with van der Waals surface area (Å²) in [5, 5.41) is 3.66. The summed E-state index contributed by atoms with van der Waals surface area (Å²) in [6, 6.07) is 19.0. The van der Waals surface area contributed by atoms with Gasteiger partial charge in [-0.25, -0.2) is 8.42 Å². The first-order valence-corrected chi connectivity index (χ1v) is 11.9. The summed E-state index contributed by atoms with van der Waals surface area (Å²) in [7, 11) is -2.46. The quantitative estimate of drug-likeness (QED) is 0.468. The third-order valence-electron chi connectivity index (χ3n) is 4.73. The Labute approximate surface area is 197 Å². The molecule has 0 aliphatic rings. The van der Waals surface area contributed by atoms with Crippen molar-refractivity contribution in [2.45, 2.75) is 23.9 Å². The average molecular weight is 493 g/mol. The highest BCUT2D eigenvalue weighted by molar-refractivity contribution is 7.89. The summed E-state index contributed by atoms with van der Waals surface area (Å²) in [5.41, 5.74) is 1.48. The highest BCUT2D eigenvalue weighted by Crippen LogP contribution is 2.21. The van der Waals surface area contributed by atoms with Gasteiger partial charge in [-0.05, 0) is 53.9 Å². The molecule has 0 bridgehead atoms. The summed E-state index contributed by atoms with van der Waals surface area (Å²) in [4.78, 5) is 13.0. The van der Waals surface area contributed by atoms with Crippen molar-refractivity contribution in [3.63, 3.8) is 0 Å². The molecule has 32 heavy (non-hydrogen) atoms. The maximum absolute atomic E-state index is 13.0. The number of carbonyl (C=O) groups is 1. The number of hydrogen-bond acceptors (Lipinski definition) is 4. The van der Waals surface area contributed by atoms with E-state index in [2.05, 4.69) is 10.0 Å². The molecule has 2 N–H and O–H groups in total. The van der Waals surface area contributed by atoms with Gasteiger partial charge >= 0.3 is 0 Å². The van der Waals surface area contributed by atoms with Crippen LogP contribution in [0.15, 0.2) is 77.7 Å². The Kier molecular flexibility index (Phi) is 8.15. The first-order valence-electron chi connectivity index (χ1n) is 9.70. The van der Waals surface area contributed by atoms with Crippen molar-refractivity contribution in [3.05, 3.63) is 94.0 Å². The average Bonchev–Trinajstić information content (AvgIpc) is 2.78.